The quantitative estimate of drug-likeness (QED) is 0.918. The number of thiazole rings is 1. The highest BCUT2D eigenvalue weighted by Crippen LogP contribution is 2.24. The van der Waals surface area contributed by atoms with Crippen LogP contribution in [0.3, 0.4) is 0 Å². The van der Waals surface area contributed by atoms with Crippen molar-refractivity contribution in [3.8, 4) is 10.6 Å². The Morgan fingerprint density at radius 3 is 2.90 bits per heavy atom. The first kappa shape index (κ1) is 14.6. The molecule has 2 unspecified atom stereocenters. The summed E-state index contributed by atoms with van der Waals surface area (Å²) >= 11 is 1.59. The highest BCUT2D eigenvalue weighted by Gasteiger charge is 2.23. The van der Waals surface area contributed by atoms with Gasteiger partial charge >= 0.3 is 0 Å². The second-order valence-corrected chi connectivity index (χ2v) is 6.26. The average Bonchev–Trinajstić information content (AvgIpc) is 3.10. The van der Waals surface area contributed by atoms with Crippen molar-refractivity contribution in [1.29, 1.82) is 0 Å². The molecule has 1 aromatic carbocycles. The first-order chi connectivity index (χ1) is 10.2. The van der Waals surface area contributed by atoms with Crippen LogP contribution in [0.5, 0.6) is 0 Å². The number of ether oxygens (including phenoxy) is 1. The zero-order chi connectivity index (χ0) is 14.7. The van der Waals surface area contributed by atoms with Gasteiger partial charge in [0.15, 0.2) is 0 Å². The number of rotatable bonds is 5. The van der Waals surface area contributed by atoms with Crippen LogP contribution >= 0.6 is 11.3 Å². The van der Waals surface area contributed by atoms with E-state index in [1.807, 2.05) is 0 Å². The topological polar surface area (TPSA) is 34.1 Å². The fourth-order valence-electron chi connectivity index (χ4n) is 2.54. The van der Waals surface area contributed by atoms with Crippen LogP contribution in [0.1, 0.15) is 19.0 Å². The van der Waals surface area contributed by atoms with Crippen LogP contribution in [-0.2, 0) is 11.3 Å². The normalized spacial score (nSPS) is 21.8. The number of halogens is 1. The van der Waals surface area contributed by atoms with Crippen LogP contribution in [0.4, 0.5) is 4.39 Å². The van der Waals surface area contributed by atoms with Crippen LogP contribution in [0.25, 0.3) is 10.6 Å². The van der Waals surface area contributed by atoms with E-state index < -0.39 is 0 Å². The van der Waals surface area contributed by atoms with Gasteiger partial charge in [-0.15, -0.1) is 11.3 Å². The third-order valence-corrected chi connectivity index (χ3v) is 4.83. The molecule has 1 aromatic heterocycles. The van der Waals surface area contributed by atoms with E-state index in [1.165, 1.54) is 12.1 Å². The van der Waals surface area contributed by atoms with Crippen molar-refractivity contribution in [3.05, 3.63) is 41.2 Å². The van der Waals surface area contributed by atoms with Gasteiger partial charge in [-0.2, -0.15) is 0 Å². The predicted octanol–water partition coefficient (Wildman–Crippen LogP) is 3.46. The third-order valence-electron chi connectivity index (χ3n) is 3.89. The van der Waals surface area contributed by atoms with Gasteiger partial charge < -0.3 is 10.1 Å². The Hall–Kier alpha value is -1.30. The first-order valence-electron chi connectivity index (χ1n) is 7.25. The van der Waals surface area contributed by atoms with Crippen LogP contribution < -0.4 is 5.32 Å². The molecule has 0 radical (unpaired) electrons. The molecule has 112 valence electrons. The molecule has 1 fully saturated rings. The molecule has 5 heteroatoms. The summed E-state index contributed by atoms with van der Waals surface area (Å²) in [5.74, 6) is 0.380. The van der Waals surface area contributed by atoms with Gasteiger partial charge in [-0.25, -0.2) is 9.37 Å². The van der Waals surface area contributed by atoms with E-state index in [0.29, 0.717) is 12.0 Å². The largest absolute Gasteiger partial charge is 0.378 e. The molecule has 2 atom stereocenters. The second-order valence-electron chi connectivity index (χ2n) is 5.41. The summed E-state index contributed by atoms with van der Waals surface area (Å²) in [5.41, 5.74) is 2.00. The van der Waals surface area contributed by atoms with E-state index in [0.717, 1.165) is 42.4 Å². The lowest BCUT2D eigenvalue weighted by Crippen LogP contribution is -2.26. The minimum Gasteiger partial charge on any atom is -0.378 e. The van der Waals surface area contributed by atoms with Gasteiger partial charge in [0.1, 0.15) is 10.8 Å². The monoisotopic (exact) mass is 306 g/mol. The van der Waals surface area contributed by atoms with E-state index in [9.17, 15) is 4.39 Å². The summed E-state index contributed by atoms with van der Waals surface area (Å²) < 4.78 is 18.5. The number of nitrogens with one attached hydrogen (secondary N) is 1. The first-order valence-corrected chi connectivity index (χ1v) is 8.13. The third kappa shape index (κ3) is 3.67. The van der Waals surface area contributed by atoms with Gasteiger partial charge in [0.2, 0.25) is 0 Å². The van der Waals surface area contributed by atoms with E-state index in [-0.39, 0.29) is 5.82 Å². The van der Waals surface area contributed by atoms with Gasteiger partial charge in [0.25, 0.3) is 0 Å². The van der Waals surface area contributed by atoms with E-state index in [4.69, 9.17) is 4.74 Å². The molecule has 0 amide bonds. The van der Waals surface area contributed by atoms with Gasteiger partial charge in [-0.3, -0.25) is 0 Å². The van der Waals surface area contributed by atoms with Crippen molar-refractivity contribution < 1.29 is 9.13 Å². The molecule has 2 aromatic rings. The maximum absolute atomic E-state index is 12.9. The minimum atomic E-state index is -0.218. The molecule has 1 saturated heterocycles. The van der Waals surface area contributed by atoms with Crippen molar-refractivity contribution in [2.45, 2.75) is 26.0 Å². The van der Waals surface area contributed by atoms with Crippen LogP contribution in [0.15, 0.2) is 29.6 Å². The Morgan fingerprint density at radius 1 is 1.38 bits per heavy atom. The summed E-state index contributed by atoms with van der Waals surface area (Å²) in [7, 11) is 0. The Kier molecular flexibility index (Phi) is 4.63. The summed E-state index contributed by atoms with van der Waals surface area (Å²) in [6.07, 6.45) is 1.48. The second kappa shape index (κ2) is 6.64. The fourth-order valence-corrected chi connectivity index (χ4v) is 3.37. The molecular formula is C16H19FN2OS. The maximum Gasteiger partial charge on any atom is 0.123 e. The average molecular weight is 306 g/mol. The summed E-state index contributed by atoms with van der Waals surface area (Å²) in [4.78, 5) is 4.60. The highest BCUT2D eigenvalue weighted by molar-refractivity contribution is 7.13. The Balaban J connectivity index is 1.54. The van der Waals surface area contributed by atoms with E-state index in [1.54, 1.807) is 23.5 Å². The molecule has 2 heterocycles. The molecule has 3 nitrogen and oxygen atoms in total. The minimum absolute atomic E-state index is 0.218. The van der Waals surface area contributed by atoms with Gasteiger partial charge in [0, 0.05) is 30.6 Å². The SMILES string of the molecule is CC1OCCC1CNCc1csc(-c2ccc(F)cc2)n1. The van der Waals surface area contributed by atoms with Gasteiger partial charge in [-0.1, -0.05) is 0 Å². The lowest BCUT2D eigenvalue weighted by Gasteiger charge is -2.13. The smallest absolute Gasteiger partial charge is 0.123 e. The van der Waals surface area contributed by atoms with Crippen molar-refractivity contribution in [2.24, 2.45) is 5.92 Å². The van der Waals surface area contributed by atoms with Crippen LogP contribution in [-0.4, -0.2) is 24.2 Å². The number of hydrogen-bond acceptors (Lipinski definition) is 4. The fraction of sp³-hybridized carbons (Fsp3) is 0.438. The number of aromatic nitrogens is 1. The zero-order valence-corrected chi connectivity index (χ0v) is 12.8. The van der Waals surface area contributed by atoms with Crippen molar-refractivity contribution in [3.63, 3.8) is 0 Å². The summed E-state index contributed by atoms with van der Waals surface area (Å²) in [6, 6.07) is 6.47. The molecule has 0 bridgehead atoms. The summed E-state index contributed by atoms with van der Waals surface area (Å²) in [5, 5.41) is 6.44. The molecule has 0 aliphatic carbocycles. The summed E-state index contributed by atoms with van der Waals surface area (Å²) in [6.45, 7) is 4.74. The van der Waals surface area contributed by atoms with E-state index >= 15 is 0 Å². The molecule has 3 rings (SSSR count). The standard InChI is InChI=1S/C16H19FN2OS/c1-11-13(6-7-20-11)8-18-9-15-10-21-16(19-15)12-2-4-14(17)5-3-12/h2-5,10-11,13,18H,6-9H2,1H3. The molecule has 0 saturated carbocycles. The van der Waals surface area contributed by atoms with Crippen molar-refractivity contribution in [2.75, 3.05) is 13.2 Å². The molecular weight excluding hydrogens is 287 g/mol. The number of benzene rings is 1. The van der Waals surface area contributed by atoms with E-state index in [2.05, 4.69) is 22.6 Å². The van der Waals surface area contributed by atoms with Gasteiger partial charge in [0.05, 0.1) is 11.8 Å². The van der Waals surface area contributed by atoms with Crippen LogP contribution in [0.2, 0.25) is 0 Å². The molecule has 21 heavy (non-hydrogen) atoms. The number of hydrogen-bond donors (Lipinski definition) is 1. The molecule has 1 N–H and O–H groups in total. The van der Waals surface area contributed by atoms with Crippen molar-refractivity contribution in [1.82, 2.24) is 10.3 Å². The Morgan fingerprint density at radius 2 is 2.19 bits per heavy atom. The zero-order valence-electron chi connectivity index (χ0n) is 12.0. The van der Waals surface area contributed by atoms with Crippen molar-refractivity contribution >= 4 is 11.3 Å². The predicted molar refractivity (Wildman–Crippen MR) is 82.7 cm³/mol. The molecule has 0 spiro atoms. The Bertz CT molecular complexity index is 584. The molecule has 1 aliphatic heterocycles. The van der Waals surface area contributed by atoms with Crippen LogP contribution in [0, 0.1) is 11.7 Å². The Labute approximate surface area is 128 Å². The highest BCUT2D eigenvalue weighted by atomic mass is 32.1. The molecule has 1 aliphatic rings. The van der Waals surface area contributed by atoms with Gasteiger partial charge in [-0.05, 0) is 43.5 Å². The maximum atomic E-state index is 12.9. The number of nitrogens with zero attached hydrogens (tertiary/aromatic N) is 1. The lowest BCUT2D eigenvalue weighted by atomic mass is 10.0. The lowest BCUT2D eigenvalue weighted by molar-refractivity contribution is 0.105.